The van der Waals surface area contributed by atoms with Crippen molar-refractivity contribution < 1.29 is 0 Å². The quantitative estimate of drug-likeness (QED) is 0.233. The molecule has 6 aromatic rings. The van der Waals surface area contributed by atoms with E-state index in [2.05, 4.69) is 76.1 Å². The van der Waals surface area contributed by atoms with Gasteiger partial charge in [-0.05, 0) is 47.3 Å². The molecule has 0 unspecified atom stereocenters. The molecule has 0 spiro atoms. The average Bonchev–Trinajstić information content (AvgIpc) is 3.38. The minimum Gasteiger partial charge on any atom is -0.373 e. The number of nitrogens with zero attached hydrogens (tertiary/aromatic N) is 6. The first-order valence-corrected chi connectivity index (χ1v) is 14.0. The first-order valence-electron chi connectivity index (χ1n) is 13.2. The number of aromatic nitrogens is 1. The lowest BCUT2D eigenvalue weighted by Gasteiger charge is -2.41. The predicted molar refractivity (Wildman–Crippen MR) is 164 cm³/mol. The summed E-state index contributed by atoms with van der Waals surface area (Å²) >= 11 is 1.38. The fraction of sp³-hybridized carbons (Fsp3) is 0. The van der Waals surface area contributed by atoms with E-state index in [1.807, 2.05) is 24.3 Å². The van der Waals surface area contributed by atoms with E-state index in [0.29, 0.717) is 33.6 Å². The molecule has 5 aromatic carbocycles. The highest BCUT2D eigenvalue weighted by molar-refractivity contribution is 7.99. The Labute approximate surface area is 245 Å². The van der Waals surface area contributed by atoms with Crippen LogP contribution in [-0.4, -0.2) is 11.4 Å². The van der Waals surface area contributed by atoms with E-state index in [-0.39, 0.29) is 0 Å². The maximum atomic E-state index is 10.4. The molecule has 0 fully saturated rings. The molecule has 2 aliphatic heterocycles. The number of anilines is 2. The van der Waals surface area contributed by atoms with Gasteiger partial charge in [-0.2, -0.15) is 21.0 Å². The Kier molecular flexibility index (Phi) is 5.00. The molecule has 0 saturated carbocycles. The van der Waals surface area contributed by atoms with Crippen LogP contribution in [0.15, 0.2) is 101 Å². The van der Waals surface area contributed by atoms with Gasteiger partial charge < -0.3 is 9.38 Å². The van der Waals surface area contributed by atoms with Crippen LogP contribution in [0.2, 0.25) is 0 Å². The first kappa shape index (κ1) is 23.9. The van der Waals surface area contributed by atoms with Crippen LogP contribution in [-0.2, 0) is 0 Å². The van der Waals surface area contributed by atoms with Gasteiger partial charge in [-0.15, -0.1) is 0 Å². The van der Waals surface area contributed by atoms with E-state index in [1.165, 1.54) is 11.8 Å². The lowest BCUT2D eigenvalue weighted by Crippen LogP contribution is -2.59. The minimum atomic E-state index is -0.403. The molecule has 0 amide bonds. The molecular formula is C34H15BN6S. The van der Waals surface area contributed by atoms with Crippen LogP contribution in [0.3, 0.4) is 0 Å². The second-order valence-corrected chi connectivity index (χ2v) is 11.3. The van der Waals surface area contributed by atoms with E-state index < -0.39 is 6.85 Å². The maximum absolute atomic E-state index is 10.4. The molecule has 6 nitrogen and oxygen atoms in total. The zero-order valence-electron chi connectivity index (χ0n) is 21.8. The Balaban J connectivity index is 1.55. The van der Waals surface area contributed by atoms with Crippen molar-refractivity contribution in [3.05, 3.63) is 113 Å². The summed E-state index contributed by atoms with van der Waals surface area (Å²) in [7, 11) is 0. The van der Waals surface area contributed by atoms with Crippen LogP contribution >= 0.6 is 11.8 Å². The molecule has 8 rings (SSSR count). The zero-order valence-corrected chi connectivity index (χ0v) is 22.6. The third kappa shape index (κ3) is 3.08. The van der Waals surface area contributed by atoms with E-state index in [9.17, 15) is 21.0 Å². The summed E-state index contributed by atoms with van der Waals surface area (Å²) in [5.74, 6) is 0. The monoisotopic (exact) mass is 550 g/mol. The van der Waals surface area contributed by atoms with Gasteiger partial charge in [-0.1, -0.05) is 66.4 Å². The van der Waals surface area contributed by atoms with Gasteiger partial charge >= 0.3 is 6.85 Å². The second-order valence-electron chi connectivity index (χ2n) is 10.2. The average molecular weight is 550 g/mol. The van der Waals surface area contributed by atoms with Crippen molar-refractivity contribution in [1.82, 2.24) is 4.57 Å². The van der Waals surface area contributed by atoms with Gasteiger partial charge in [0.05, 0.1) is 56.8 Å². The van der Waals surface area contributed by atoms with Crippen LogP contribution < -0.4 is 15.7 Å². The SMILES string of the molecule is N#Cc1cc(C#N)c2c(c1)Sc1cc(C#N)cc(C#N)c1N2B1c2ccccc2-n2c3ccccc3c3cccc1c32. The van der Waals surface area contributed by atoms with E-state index in [4.69, 9.17) is 0 Å². The molecule has 0 saturated heterocycles. The molecule has 0 aliphatic carbocycles. The molecule has 0 radical (unpaired) electrons. The number of nitriles is 4. The Morgan fingerprint density at radius 3 is 1.86 bits per heavy atom. The van der Waals surface area contributed by atoms with Crippen molar-refractivity contribution >= 4 is 62.7 Å². The van der Waals surface area contributed by atoms with E-state index in [0.717, 1.165) is 48.2 Å². The molecule has 1 aromatic heterocycles. The standard InChI is InChI=1S/C34H15BN6S/c36-16-20-12-22(18-38)32-30(14-20)42-31-15-21(17-37)13-23(19-39)33(31)41(32)35-26-8-2-4-11-29(26)40-28-10-3-1-6-24(28)25-7-5-9-27(35)34(25)40/h1-15H. The van der Waals surface area contributed by atoms with Crippen molar-refractivity contribution in [3.8, 4) is 30.0 Å². The largest absolute Gasteiger partial charge is 0.373 e. The van der Waals surface area contributed by atoms with Crippen molar-refractivity contribution in [2.24, 2.45) is 0 Å². The van der Waals surface area contributed by atoms with Crippen molar-refractivity contribution in [3.63, 3.8) is 0 Å². The molecule has 0 N–H and O–H groups in total. The topological polar surface area (TPSA) is 103 Å². The highest BCUT2D eigenvalue weighted by atomic mass is 32.2. The number of hydrogen-bond acceptors (Lipinski definition) is 6. The fourth-order valence-corrected chi connectivity index (χ4v) is 7.76. The van der Waals surface area contributed by atoms with Crippen molar-refractivity contribution in [2.75, 3.05) is 4.81 Å². The summed E-state index contributed by atoms with van der Waals surface area (Å²) in [6, 6.07) is 38.7. The molecule has 2 aliphatic rings. The highest BCUT2D eigenvalue weighted by Crippen LogP contribution is 2.52. The van der Waals surface area contributed by atoms with Crippen LogP contribution in [0.1, 0.15) is 22.3 Å². The zero-order chi connectivity index (χ0) is 28.5. The van der Waals surface area contributed by atoms with Crippen LogP contribution in [0, 0.1) is 45.3 Å². The van der Waals surface area contributed by atoms with Gasteiger partial charge in [0.25, 0.3) is 0 Å². The molecule has 190 valence electrons. The molecular weight excluding hydrogens is 535 g/mol. The van der Waals surface area contributed by atoms with Crippen molar-refractivity contribution in [2.45, 2.75) is 9.79 Å². The maximum Gasteiger partial charge on any atom is 0.332 e. The Bertz CT molecular complexity index is 2280. The molecule has 8 heteroatoms. The lowest BCUT2D eigenvalue weighted by atomic mass is 9.46. The lowest BCUT2D eigenvalue weighted by molar-refractivity contribution is 1.16. The minimum absolute atomic E-state index is 0.353. The van der Waals surface area contributed by atoms with E-state index in [1.54, 1.807) is 24.3 Å². The summed E-state index contributed by atoms with van der Waals surface area (Å²) < 4.78 is 2.31. The summed E-state index contributed by atoms with van der Waals surface area (Å²) in [5, 5.41) is 42.6. The number of para-hydroxylation sites is 3. The third-order valence-corrected chi connectivity index (χ3v) is 9.16. The highest BCUT2D eigenvalue weighted by Gasteiger charge is 2.43. The second kappa shape index (κ2) is 8.79. The van der Waals surface area contributed by atoms with Gasteiger partial charge in [0.2, 0.25) is 0 Å². The number of benzene rings is 5. The third-order valence-electron chi connectivity index (χ3n) is 8.10. The Morgan fingerprint density at radius 1 is 0.595 bits per heavy atom. The summed E-state index contributed by atoms with van der Waals surface area (Å²) in [4.78, 5) is 3.55. The molecule has 3 heterocycles. The Morgan fingerprint density at radius 2 is 1.19 bits per heavy atom. The van der Waals surface area contributed by atoms with Gasteiger partial charge in [0, 0.05) is 26.3 Å². The van der Waals surface area contributed by atoms with Gasteiger partial charge in [-0.25, -0.2) is 0 Å². The summed E-state index contributed by atoms with van der Waals surface area (Å²) in [6.07, 6.45) is 0. The summed E-state index contributed by atoms with van der Waals surface area (Å²) in [6.45, 7) is -0.403. The van der Waals surface area contributed by atoms with Crippen LogP contribution in [0.4, 0.5) is 11.4 Å². The van der Waals surface area contributed by atoms with Crippen LogP contribution in [0.25, 0.3) is 27.5 Å². The molecule has 0 bridgehead atoms. The summed E-state index contributed by atoms with van der Waals surface area (Å²) in [5.41, 5.74) is 8.01. The van der Waals surface area contributed by atoms with Gasteiger partial charge in [0.15, 0.2) is 0 Å². The fourth-order valence-electron chi connectivity index (χ4n) is 6.54. The normalized spacial score (nSPS) is 12.5. The number of fused-ring (bicyclic) bond motifs is 7. The number of hydrogen-bond donors (Lipinski definition) is 0. The predicted octanol–water partition coefficient (Wildman–Crippen LogP) is 5.99. The van der Waals surface area contributed by atoms with Crippen molar-refractivity contribution in [1.29, 1.82) is 21.0 Å². The first-order chi connectivity index (χ1) is 20.7. The van der Waals surface area contributed by atoms with Crippen LogP contribution in [0.5, 0.6) is 0 Å². The smallest absolute Gasteiger partial charge is 0.332 e. The Hall–Kier alpha value is -5.93. The molecule has 42 heavy (non-hydrogen) atoms. The van der Waals surface area contributed by atoms with Gasteiger partial charge in [-0.3, -0.25) is 0 Å². The van der Waals surface area contributed by atoms with E-state index >= 15 is 0 Å². The molecule has 0 atom stereocenters. The number of rotatable bonds is 1. The van der Waals surface area contributed by atoms with Gasteiger partial charge in [0.1, 0.15) is 12.1 Å².